The normalized spacial score (nSPS) is 23.0. The fraction of sp³-hybridized carbons (Fsp3) is 0.647. The minimum absolute atomic E-state index is 0.0946. The van der Waals surface area contributed by atoms with Crippen LogP contribution in [0.3, 0.4) is 0 Å². The molecule has 0 radical (unpaired) electrons. The van der Waals surface area contributed by atoms with E-state index in [1.807, 2.05) is 12.1 Å². The van der Waals surface area contributed by atoms with E-state index in [9.17, 15) is 0 Å². The summed E-state index contributed by atoms with van der Waals surface area (Å²) in [6, 6.07) is 8.60. The van der Waals surface area contributed by atoms with Crippen LogP contribution in [0.15, 0.2) is 24.3 Å². The highest BCUT2D eigenvalue weighted by Crippen LogP contribution is 2.36. The van der Waals surface area contributed by atoms with E-state index in [0.717, 1.165) is 30.7 Å². The molecule has 0 amide bonds. The van der Waals surface area contributed by atoms with Gasteiger partial charge in [-0.25, -0.2) is 0 Å². The number of benzene rings is 1. The number of hydrogen-bond acceptors (Lipinski definition) is 3. The largest absolute Gasteiger partial charge is 0.496 e. The summed E-state index contributed by atoms with van der Waals surface area (Å²) in [5, 5.41) is 0. The number of methoxy groups -OCH3 is 1. The lowest BCUT2D eigenvalue weighted by atomic mass is 9.95. The third-order valence-corrected chi connectivity index (χ3v) is 4.55. The van der Waals surface area contributed by atoms with Crippen molar-refractivity contribution < 1.29 is 4.74 Å². The molecule has 0 saturated carbocycles. The van der Waals surface area contributed by atoms with Crippen LogP contribution in [-0.4, -0.2) is 31.1 Å². The molecule has 2 N–H and O–H groups in total. The van der Waals surface area contributed by atoms with Crippen molar-refractivity contribution in [3.8, 4) is 5.75 Å². The van der Waals surface area contributed by atoms with Gasteiger partial charge in [-0.3, -0.25) is 4.90 Å². The molecule has 3 heteroatoms. The first-order valence-electron chi connectivity index (χ1n) is 7.67. The average molecular weight is 276 g/mol. The Morgan fingerprint density at radius 3 is 2.50 bits per heavy atom. The van der Waals surface area contributed by atoms with Crippen LogP contribution in [0.1, 0.15) is 38.8 Å². The number of nitrogens with two attached hydrogens (primary N) is 1. The third-order valence-electron chi connectivity index (χ3n) is 4.55. The molecule has 2 rings (SSSR count). The van der Waals surface area contributed by atoms with Crippen LogP contribution in [0, 0.1) is 11.8 Å². The van der Waals surface area contributed by atoms with E-state index in [-0.39, 0.29) is 12.1 Å². The Morgan fingerprint density at radius 2 is 1.95 bits per heavy atom. The molecule has 0 aliphatic carbocycles. The number of ether oxygens (including phenoxy) is 1. The van der Waals surface area contributed by atoms with Crippen molar-refractivity contribution in [3.63, 3.8) is 0 Å². The molecule has 0 aromatic heterocycles. The minimum Gasteiger partial charge on any atom is -0.496 e. The summed E-state index contributed by atoms with van der Waals surface area (Å²) in [4.78, 5) is 2.53. The van der Waals surface area contributed by atoms with Gasteiger partial charge in [0, 0.05) is 18.2 Å². The average Bonchev–Trinajstić information content (AvgIpc) is 2.89. The van der Waals surface area contributed by atoms with Gasteiger partial charge in [0.25, 0.3) is 0 Å². The molecule has 1 aromatic rings. The Hall–Kier alpha value is -1.06. The zero-order valence-electron chi connectivity index (χ0n) is 13.2. The van der Waals surface area contributed by atoms with Gasteiger partial charge in [0.05, 0.1) is 13.2 Å². The zero-order valence-corrected chi connectivity index (χ0v) is 13.2. The molecule has 3 atom stereocenters. The lowest BCUT2D eigenvalue weighted by Gasteiger charge is -2.32. The molecule has 1 aromatic carbocycles. The number of rotatable bonds is 5. The first-order valence-corrected chi connectivity index (χ1v) is 7.67. The van der Waals surface area contributed by atoms with Crippen molar-refractivity contribution in [1.82, 2.24) is 4.90 Å². The quantitative estimate of drug-likeness (QED) is 0.898. The molecular formula is C17H28N2O. The van der Waals surface area contributed by atoms with Crippen LogP contribution in [0.25, 0.3) is 0 Å². The van der Waals surface area contributed by atoms with E-state index in [4.69, 9.17) is 10.5 Å². The number of nitrogens with zero attached hydrogens (tertiary/aromatic N) is 1. The Bertz CT molecular complexity index is 431. The Labute approximate surface area is 123 Å². The molecule has 0 spiro atoms. The topological polar surface area (TPSA) is 38.5 Å². The van der Waals surface area contributed by atoms with Gasteiger partial charge in [-0.2, -0.15) is 0 Å². The molecular weight excluding hydrogens is 248 g/mol. The van der Waals surface area contributed by atoms with Crippen LogP contribution < -0.4 is 10.5 Å². The van der Waals surface area contributed by atoms with Crippen LogP contribution in [0.2, 0.25) is 0 Å². The number of likely N-dealkylation sites (tertiary alicyclic amines) is 1. The summed E-state index contributed by atoms with van der Waals surface area (Å²) in [6.07, 6.45) is 1.27. The first kappa shape index (κ1) is 15.3. The Balaban J connectivity index is 2.24. The SMILES string of the molecule is COc1ccccc1C(C(C)N)N1CCC(C(C)C)C1. The molecule has 3 nitrogen and oxygen atoms in total. The number of hydrogen-bond donors (Lipinski definition) is 1. The van der Waals surface area contributed by atoms with Crippen LogP contribution >= 0.6 is 0 Å². The molecule has 1 heterocycles. The molecule has 1 aliphatic rings. The van der Waals surface area contributed by atoms with Gasteiger partial charge < -0.3 is 10.5 Å². The minimum atomic E-state index is 0.0946. The lowest BCUT2D eigenvalue weighted by molar-refractivity contribution is 0.200. The van der Waals surface area contributed by atoms with Gasteiger partial charge in [-0.15, -0.1) is 0 Å². The summed E-state index contributed by atoms with van der Waals surface area (Å²) in [6.45, 7) is 9.01. The summed E-state index contributed by atoms with van der Waals surface area (Å²) < 4.78 is 5.53. The maximum absolute atomic E-state index is 6.30. The number of para-hydroxylation sites is 1. The standard InChI is InChI=1S/C17H28N2O/c1-12(2)14-9-10-19(11-14)17(13(3)18)15-7-5-6-8-16(15)20-4/h5-8,12-14,17H,9-11,18H2,1-4H3. The second-order valence-corrected chi connectivity index (χ2v) is 6.33. The van der Waals surface area contributed by atoms with Gasteiger partial charge in [0.2, 0.25) is 0 Å². The van der Waals surface area contributed by atoms with E-state index in [1.54, 1.807) is 7.11 Å². The molecule has 3 unspecified atom stereocenters. The maximum atomic E-state index is 6.30. The monoisotopic (exact) mass is 276 g/mol. The Kier molecular flexibility index (Phi) is 5.06. The smallest absolute Gasteiger partial charge is 0.123 e. The highest BCUT2D eigenvalue weighted by molar-refractivity contribution is 5.36. The van der Waals surface area contributed by atoms with E-state index in [0.29, 0.717) is 0 Å². The highest BCUT2D eigenvalue weighted by atomic mass is 16.5. The fourth-order valence-electron chi connectivity index (χ4n) is 3.34. The van der Waals surface area contributed by atoms with E-state index < -0.39 is 0 Å². The summed E-state index contributed by atoms with van der Waals surface area (Å²) in [5.74, 6) is 2.47. The van der Waals surface area contributed by atoms with Crippen molar-refractivity contribution in [2.75, 3.05) is 20.2 Å². The van der Waals surface area contributed by atoms with E-state index in [2.05, 4.69) is 37.8 Å². The predicted molar refractivity (Wildman–Crippen MR) is 83.9 cm³/mol. The maximum Gasteiger partial charge on any atom is 0.123 e. The van der Waals surface area contributed by atoms with Crippen molar-refractivity contribution in [2.24, 2.45) is 17.6 Å². The van der Waals surface area contributed by atoms with Crippen LogP contribution in [0.5, 0.6) is 5.75 Å². The van der Waals surface area contributed by atoms with E-state index >= 15 is 0 Å². The van der Waals surface area contributed by atoms with Crippen molar-refractivity contribution in [2.45, 2.75) is 39.3 Å². The van der Waals surface area contributed by atoms with Crippen molar-refractivity contribution >= 4 is 0 Å². The molecule has 112 valence electrons. The van der Waals surface area contributed by atoms with Gasteiger partial charge >= 0.3 is 0 Å². The second kappa shape index (κ2) is 6.59. The van der Waals surface area contributed by atoms with Crippen molar-refractivity contribution in [1.29, 1.82) is 0 Å². The molecule has 1 saturated heterocycles. The molecule has 1 aliphatic heterocycles. The lowest BCUT2D eigenvalue weighted by Crippen LogP contribution is -2.38. The van der Waals surface area contributed by atoms with Gasteiger partial charge in [0.1, 0.15) is 5.75 Å². The predicted octanol–water partition coefficient (Wildman–Crippen LogP) is 3.06. The van der Waals surface area contributed by atoms with Crippen molar-refractivity contribution in [3.05, 3.63) is 29.8 Å². The summed E-state index contributed by atoms with van der Waals surface area (Å²) >= 11 is 0. The van der Waals surface area contributed by atoms with Crippen LogP contribution in [0.4, 0.5) is 0 Å². The van der Waals surface area contributed by atoms with E-state index in [1.165, 1.54) is 12.0 Å². The summed E-state index contributed by atoms with van der Waals surface area (Å²) in [5.41, 5.74) is 7.51. The second-order valence-electron chi connectivity index (χ2n) is 6.33. The fourth-order valence-corrected chi connectivity index (χ4v) is 3.34. The van der Waals surface area contributed by atoms with Gasteiger partial charge in [0.15, 0.2) is 0 Å². The van der Waals surface area contributed by atoms with Gasteiger partial charge in [-0.05, 0) is 37.8 Å². The first-order chi connectivity index (χ1) is 9.54. The zero-order chi connectivity index (χ0) is 14.7. The molecule has 20 heavy (non-hydrogen) atoms. The van der Waals surface area contributed by atoms with Gasteiger partial charge in [-0.1, -0.05) is 32.0 Å². The Morgan fingerprint density at radius 1 is 1.25 bits per heavy atom. The summed E-state index contributed by atoms with van der Waals surface area (Å²) in [7, 11) is 1.73. The third kappa shape index (κ3) is 3.15. The van der Waals surface area contributed by atoms with Crippen LogP contribution in [-0.2, 0) is 0 Å². The molecule has 0 bridgehead atoms. The molecule has 1 fully saturated rings. The highest BCUT2D eigenvalue weighted by Gasteiger charge is 2.33.